The van der Waals surface area contributed by atoms with Crippen molar-refractivity contribution in [2.75, 3.05) is 0 Å². The van der Waals surface area contributed by atoms with E-state index in [1.807, 2.05) is 20.8 Å². The summed E-state index contributed by atoms with van der Waals surface area (Å²) in [5.74, 6) is -0.243. The quantitative estimate of drug-likeness (QED) is 0.193. The van der Waals surface area contributed by atoms with Crippen LogP contribution in [-0.2, 0) is 19.0 Å². The van der Waals surface area contributed by atoms with Crippen molar-refractivity contribution < 1.29 is 29.2 Å². The fraction of sp³-hybridized carbons (Fsp3) is 0.962. The summed E-state index contributed by atoms with van der Waals surface area (Å²) in [6, 6.07) is 0. The first-order valence-corrected chi connectivity index (χ1v) is 13.0. The summed E-state index contributed by atoms with van der Waals surface area (Å²) in [6.45, 7) is 14.1. The number of unbranched alkanes of at least 4 members (excludes halogenated alkanes) is 4. The van der Waals surface area contributed by atoms with E-state index in [4.69, 9.17) is 14.2 Å². The van der Waals surface area contributed by atoms with Gasteiger partial charge in [-0.3, -0.25) is 4.79 Å². The molecule has 6 nitrogen and oxygen atoms in total. The van der Waals surface area contributed by atoms with Crippen LogP contribution < -0.4 is 0 Å². The Bertz CT molecular complexity index is 501. The van der Waals surface area contributed by atoms with Gasteiger partial charge >= 0.3 is 5.97 Å². The van der Waals surface area contributed by atoms with Crippen molar-refractivity contribution in [3.63, 3.8) is 0 Å². The molecule has 7 unspecified atom stereocenters. The molecule has 9 atom stereocenters. The SMILES string of the molecule is CCCCCCCC(C)CC(C)C(O[C@H]1CC(C)[C@@H](O)C(C)O1)C(C)C(=O)OC(O)CC. The van der Waals surface area contributed by atoms with Crippen LogP contribution in [0.5, 0.6) is 0 Å². The van der Waals surface area contributed by atoms with Crippen LogP contribution in [0.1, 0.15) is 106 Å². The molecular weight excluding hydrogens is 408 g/mol. The Morgan fingerprint density at radius 2 is 1.75 bits per heavy atom. The smallest absolute Gasteiger partial charge is 0.313 e. The van der Waals surface area contributed by atoms with Crippen LogP contribution in [0, 0.1) is 23.7 Å². The molecule has 0 bridgehead atoms. The lowest BCUT2D eigenvalue weighted by atomic mass is 9.84. The molecule has 32 heavy (non-hydrogen) atoms. The van der Waals surface area contributed by atoms with Gasteiger partial charge in [0, 0.05) is 12.8 Å². The number of hydrogen-bond donors (Lipinski definition) is 2. The van der Waals surface area contributed by atoms with E-state index in [1.165, 1.54) is 38.5 Å². The minimum atomic E-state index is -1.09. The molecule has 0 amide bonds. The van der Waals surface area contributed by atoms with E-state index >= 15 is 0 Å². The Balaban J connectivity index is 2.78. The summed E-state index contributed by atoms with van der Waals surface area (Å²) in [6.07, 6.45) is 6.66. The number of esters is 1. The standard InChI is InChI=1S/C26H50O6/c1-8-10-11-12-13-14-17(3)15-19(5)25(20(6)26(29)31-22(27)9-2)32-23-16-18(4)24(28)21(7)30-23/h17-25,27-28H,8-16H2,1-7H3/t17?,18?,19?,20?,21?,22?,23-,24+,25?/m0/s1. The highest BCUT2D eigenvalue weighted by molar-refractivity contribution is 5.72. The van der Waals surface area contributed by atoms with E-state index in [1.54, 1.807) is 6.92 Å². The van der Waals surface area contributed by atoms with Gasteiger partial charge in [-0.25, -0.2) is 0 Å². The zero-order valence-corrected chi connectivity index (χ0v) is 21.6. The van der Waals surface area contributed by atoms with Gasteiger partial charge in [0.1, 0.15) is 0 Å². The first-order valence-electron chi connectivity index (χ1n) is 13.0. The number of carbonyl (C=O) groups excluding carboxylic acids is 1. The lowest BCUT2D eigenvalue weighted by Gasteiger charge is -2.40. The molecule has 0 aromatic carbocycles. The maximum atomic E-state index is 12.7. The largest absolute Gasteiger partial charge is 0.436 e. The molecule has 1 fully saturated rings. The van der Waals surface area contributed by atoms with Crippen LogP contribution in [0.25, 0.3) is 0 Å². The molecule has 0 aromatic rings. The lowest BCUT2D eigenvalue weighted by Crippen LogP contribution is -2.47. The fourth-order valence-corrected chi connectivity index (χ4v) is 4.73. The van der Waals surface area contributed by atoms with Crippen molar-refractivity contribution in [2.24, 2.45) is 23.7 Å². The molecular formula is C26H50O6. The van der Waals surface area contributed by atoms with Gasteiger partial charge in [0.15, 0.2) is 12.6 Å². The van der Waals surface area contributed by atoms with E-state index in [0.29, 0.717) is 18.8 Å². The topological polar surface area (TPSA) is 85.2 Å². The van der Waals surface area contributed by atoms with Gasteiger partial charge in [0.25, 0.3) is 0 Å². The third kappa shape index (κ3) is 10.1. The van der Waals surface area contributed by atoms with E-state index in [9.17, 15) is 15.0 Å². The zero-order chi connectivity index (χ0) is 24.3. The van der Waals surface area contributed by atoms with Gasteiger partial charge < -0.3 is 24.4 Å². The average Bonchev–Trinajstić information content (AvgIpc) is 2.74. The first-order chi connectivity index (χ1) is 15.1. The monoisotopic (exact) mass is 458 g/mol. The van der Waals surface area contributed by atoms with Crippen LogP contribution in [0.2, 0.25) is 0 Å². The summed E-state index contributed by atoms with van der Waals surface area (Å²) in [7, 11) is 0. The van der Waals surface area contributed by atoms with Gasteiger partial charge in [-0.2, -0.15) is 0 Å². The van der Waals surface area contributed by atoms with E-state index in [0.717, 1.165) is 6.42 Å². The Hall–Kier alpha value is -0.690. The maximum Gasteiger partial charge on any atom is 0.313 e. The molecule has 1 aliphatic rings. The number of aliphatic hydroxyl groups is 2. The highest BCUT2D eigenvalue weighted by Gasteiger charge is 2.39. The van der Waals surface area contributed by atoms with Crippen molar-refractivity contribution in [2.45, 2.75) is 137 Å². The molecule has 0 radical (unpaired) electrons. The predicted molar refractivity (Wildman–Crippen MR) is 127 cm³/mol. The van der Waals surface area contributed by atoms with E-state index in [-0.39, 0.29) is 24.0 Å². The van der Waals surface area contributed by atoms with Gasteiger partial charge in [0.05, 0.1) is 24.2 Å². The molecule has 190 valence electrons. The Kier molecular flexibility index (Phi) is 14.0. The Morgan fingerprint density at radius 1 is 1.09 bits per heavy atom. The van der Waals surface area contributed by atoms with Crippen LogP contribution in [-0.4, -0.2) is 47.1 Å². The molecule has 1 heterocycles. The Morgan fingerprint density at radius 3 is 2.34 bits per heavy atom. The minimum absolute atomic E-state index is 0.0610. The second-order valence-corrected chi connectivity index (χ2v) is 10.2. The molecule has 2 N–H and O–H groups in total. The third-order valence-electron chi connectivity index (χ3n) is 6.91. The number of hydrogen-bond acceptors (Lipinski definition) is 6. The third-order valence-corrected chi connectivity index (χ3v) is 6.91. The van der Waals surface area contributed by atoms with Crippen molar-refractivity contribution in [1.29, 1.82) is 0 Å². The van der Waals surface area contributed by atoms with Crippen molar-refractivity contribution >= 4 is 5.97 Å². The summed E-state index contributed by atoms with van der Waals surface area (Å²) < 4.78 is 17.5. The molecule has 1 aliphatic heterocycles. The lowest BCUT2D eigenvalue weighted by molar-refractivity contribution is -0.261. The molecule has 1 saturated heterocycles. The highest BCUT2D eigenvalue weighted by atomic mass is 16.7. The maximum absolute atomic E-state index is 12.7. The normalized spacial score (nSPS) is 28.5. The van der Waals surface area contributed by atoms with Crippen LogP contribution in [0.3, 0.4) is 0 Å². The zero-order valence-electron chi connectivity index (χ0n) is 21.6. The van der Waals surface area contributed by atoms with Gasteiger partial charge in [-0.15, -0.1) is 0 Å². The van der Waals surface area contributed by atoms with Crippen molar-refractivity contribution in [3.05, 3.63) is 0 Å². The number of ether oxygens (including phenoxy) is 3. The predicted octanol–water partition coefficient (Wildman–Crippen LogP) is 5.43. The highest BCUT2D eigenvalue weighted by Crippen LogP contribution is 2.32. The second-order valence-electron chi connectivity index (χ2n) is 10.2. The van der Waals surface area contributed by atoms with Crippen molar-refractivity contribution in [1.82, 2.24) is 0 Å². The minimum Gasteiger partial charge on any atom is -0.436 e. The molecule has 0 spiro atoms. The number of rotatable bonds is 15. The summed E-state index contributed by atoms with van der Waals surface area (Å²) in [4.78, 5) is 12.7. The first kappa shape index (κ1) is 29.3. The second kappa shape index (κ2) is 15.3. The van der Waals surface area contributed by atoms with Crippen LogP contribution >= 0.6 is 0 Å². The average molecular weight is 459 g/mol. The fourth-order valence-electron chi connectivity index (χ4n) is 4.73. The molecule has 0 aromatic heterocycles. The molecule has 0 aliphatic carbocycles. The molecule has 6 heteroatoms. The summed E-state index contributed by atoms with van der Waals surface area (Å²) in [5, 5.41) is 20.0. The van der Waals surface area contributed by atoms with Gasteiger partial charge in [-0.05, 0) is 38.0 Å². The molecule has 0 saturated carbocycles. The van der Waals surface area contributed by atoms with Crippen LogP contribution in [0.15, 0.2) is 0 Å². The number of aliphatic hydroxyl groups excluding tert-OH is 2. The van der Waals surface area contributed by atoms with Crippen molar-refractivity contribution in [3.8, 4) is 0 Å². The van der Waals surface area contributed by atoms with Gasteiger partial charge in [-0.1, -0.05) is 73.1 Å². The van der Waals surface area contributed by atoms with E-state index < -0.39 is 30.6 Å². The number of carbonyl (C=O) groups is 1. The summed E-state index contributed by atoms with van der Waals surface area (Å²) in [5.41, 5.74) is 0. The van der Waals surface area contributed by atoms with Gasteiger partial charge in [0.2, 0.25) is 0 Å². The summed E-state index contributed by atoms with van der Waals surface area (Å²) >= 11 is 0. The van der Waals surface area contributed by atoms with E-state index in [2.05, 4.69) is 20.8 Å². The van der Waals surface area contributed by atoms with Crippen LogP contribution in [0.4, 0.5) is 0 Å². The Labute approximate surface area is 196 Å². The molecule has 1 rings (SSSR count).